The van der Waals surface area contributed by atoms with Gasteiger partial charge in [-0.15, -0.1) is 0 Å². The Balaban J connectivity index is 2.44. The maximum absolute atomic E-state index is 13.1. The van der Waals surface area contributed by atoms with E-state index in [9.17, 15) is 17.6 Å². The number of amides is 1. The highest BCUT2D eigenvalue weighted by molar-refractivity contribution is 7.89. The number of nitrogens with zero attached hydrogens (tertiary/aromatic N) is 1. The largest absolute Gasteiger partial charge is 0.489 e. The molecule has 28 heavy (non-hydrogen) atoms. The molecule has 0 spiro atoms. The third-order valence-electron chi connectivity index (χ3n) is 4.01. The number of halogens is 1. The van der Waals surface area contributed by atoms with E-state index in [1.165, 1.54) is 46.8 Å². The van der Waals surface area contributed by atoms with Crippen molar-refractivity contribution in [2.24, 2.45) is 0 Å². The third kappa shape index (κ3) is 5.08. The molecule has 8 heteroatoms. The van der Waals surface area contributed by atoms with Crippen LogP contribution in [0.15, 0.2) is 47.4 Å². The summed E-state index contributed by atoms with van der Waals surface area (Å²) in [5.41, 5.74) is 0.477. The van der Waals surface area contributed by atoms with E-state index in [1.54, 1.807) is 13.8 Å². The Kier molecular flexibility index (Phi) is 7.15. The molecule has 2 aromatic carbocycles. The van der Waals surface area contributed by atoms with Crippen molar-refractivity contribution in [3.8, 4) is 5.75 Å². The summed E-state index contributed by atoms with van der Waals surface area (Å²) >= 11 is 0. The van der Waals surface area contributed by atoms with Crippen LogP contribution in [0.25, 0.3) is 0 Å². The van der Waals surface area contributed by atoms with Crippen LogP contribution in [0.5, 0.6) is 5.75 Å². The van der Waals surface area contributed by atoms with E-state index in [4.69, 9.17) is 4.74 Å². The van der Waals surface area contributed by atoms with Gasteiger partial charge in [-0.3, -0.25) is 4.79 Å². The van der Waals surface area contributed by atoms with Crippen LogP contribution in [0.4, 0.5) is 10.1 Å². The van der Waals surface area contributed by atoms with Gasteiger partial charge in [0.05, 0.1) is 16.7 Å². The number of rotatable bonds is 8. The van der Waals surface area contributed by atoms with E-state index in [2.05, 4.69) is 5.32 Å². The Morgan fingerprint density at radius 2 is 1.71 bits per heavy atom. The monoisotopic (exact) mass is 408 g/mol. The molecule has 152 valence electrons. The number of anilines is 1. The lowest BCUT2D eigenvalue weighted by atomic mass is 10.2. The second-order valence-electron chi connectivity index (χ2n) is 6.37. The fourth-order valence-electron chi connectivity index (χ4n) is 2.63. The highest BCUT2D eigenvalue weighted by atomic mass is 32.2. The van der Waals surface area contributed by atoms with E-state index in [0.717, 1.165) is 0 Å². The molecule has 1 N–H and O–H groups in total. The number of carbonyl (C=O) groups is 1. The normalized spacial score (nSPS) is 11.7. The molecule has 0 aliphatic heterocycles. The van der Waals surface area contributed by atoms with Gasteiger partial charge in [0.1, 0.15) is 11.6 Å². The lowest BCUT2D eigenvalue weighted by Crippen LogP contribution is -2.30. The van der Waals surface area contributed by atoms with Gasteiger partial charge in [-0.1, -0.05) is 13.8 Å². The Morgan fingerprint density at radius 3 is 2.25 bits per heavy atom. The van der Waals surface area contributed by atoms with Crippen LogP contribution < -0.4 is 10.1 Å². The predicted molar refractivity (Wildman–Crippen MR) is 107 cm³/mol. The van der Waals surface area contributed by atoms with Crippen molar-refractivity contribution in [3.63, 3.8) is 0 Å². The minimum absolute atomic E-state index is 0.0571. The van der Waals surface area contributed by atoms with Gasteiger partial charge in [-0.25, -0.2) is 12.8 Å². The number of hydrogen-bond acceptors (Lipinski definition) is 4. The van der Waals surface area contributed by atoms with Crippen molar-refractivity contribution in [2.75, 3.05) is 18.4 Å². The first kappa shape index (κ1) is 21.8. The zero-order valence-corrected chi connectivity index (χ0v) is 17.2. The topological polar surface area (TPSA) is 75.7 Å². The maximum Gasteiger partial charge on any atom is 0.255 e. The molecule has 0 aliphatic carbocycles. The first-order valence-corrected chi connectivity index (χ1v) is 10.5. The van der Waals surface area contributed by atoms with Gasteiger partial charge in [0.2, 0.25) is 10.0 Å². The molecule has 1 amide bonds. The van der Waals surface area contributed by atoms with E-state index in [0.29, 0.717) is 18.8 Å². The van der Waals surface area contributed by atoms with E-state index < -0.39 is 21.7 Å². The minimum Gasteiger partial charge on any atom is -0.489 e. The van der Waals surface area contributed by atoms with Gasteiger partial charge in [0.25, 0.3) is 5.91 Å². The molecule has 2 rings (SSSR count). The Bertz CT molecular complexity index is 924. The molecule has 0 aliphatic rings. The van der Waals surface area contributed by atoms with Crippen molar-refractivity contribution in [3.05, 3.63) is 53.8 Å². The molecule has 0 bridgehead atoms. The van der Waals surface area contributed by atoms with Crippen molar-refractivity contribution in [2.45, 2.75) is 38.7 Å². The quantitative estimate of drug-likeness (QED) is 0.719. The highest BCUT2D eigenvalue weighted by Gasteiger charge is 2.23. The summed E-state index contributed by atoms with van der Waals surface area (Å²) in [5, 5.41) is 2.67. The van der Waals surface area contributed by atoms with Gasteiger partial charge in [-0.05, 0) is 56.3 Å². The standard InChI is InChI=1S/C20H25FN2O4S/c1-5-23(6-2)28(25,26)17-11-12-19(27-14(3)4)18(13-17)22-20(24)15-7-9-16(21)10-8-15/h7-14H,5-6H2,1-4H3,(H,22,24). The predicted octanol–water partition coefficient (Wildman–Crippen LogP) is 3.90. The van der Waals surface area contributed by atoms with Crippen molar-refractivity contribution >= 4 is 21.6 Å². The smallest absolute Gasteiger partial charge is 0.255 e. The van der Waals surface area contributed by atoms with Crippen molar-refractivity contribution in [1.82, 2.24) is 4.31 Å². The summed E-state index contributed by atoms with van der Waals surface area (Å²) in [6.07, 6.45) is -0.174. The van der Waals surface area contributed by atoms with E-state index in [-0.39, 0.29) is 22.3 Å². The fourth-order valence-corrected chi connectivity index (χ4v) is 4.12. The Labute approximate surface area is 165 Å². The van der Waals surface area contributed by atoms with E-state index in [1.807, 2.05) is 13.8 Å². The zero-order chi connectivity index (χ0) is 20.9. The van der Waals surface area contributed by atoms with Crippen molar-refractivity contribution in [1.29, 1.82) is 0 Å². The lowest BCUT2D eigenvalue weighted by Gasteiger charge is -2.20. The summed E-state index contributed by atoms with van der Waals surface area (Å²) in [6, 6.07) is 9.43. The van der Waals surface area contributed by atoms with Gasteiger partial charge in [-0.2, -0.15) is 4.31 Å². The second kappa shape index (κ2) is 9.16. The molecule has 0 saturated carbocycles. The highest BCUT2D eigenvalue weighted by Crippen LogP contribution is 2.30. The number of hydrogen-bond donors (Lipinski definition) is 1. The third-order valence-corrected chi connectivity index (χ3v) is 6.06. The minimum atomic E-state index is -3.70. The average Bonchev–Trinajstić information content (AvgIpc) is 2.64. The summed E-state index contributed by atoms with van der Waals surface area (Å²) in [7, 11) is -3.70. The van der Waals surface area contributed by atoms with Crippen molar-refractivity contribution < 1.29 is 22.3 Å². The molecule has 0 heterocycles. The van der Waals surface area contributed by atoms with Crippen LogP contribution in [-0.4, -0.2) is 37.8 Å². The molecule has 0 aromatic heterocycles. The number of ether oxygens (including phenoxy) is 1. The Morgan fingerprint density at radius 1 is 1.11 bits per heavy atom. The van der Waals surface area contributed by atoms with Gasteiger partial charge in [0.15, 0.2) is 0 Å². The van der Waals surface area contributed by atoms with Crippen LogP contribution in [0, 0.1) is 5.82 Å². The zero-order valence-electron chi connectivity index (χ0n) is 16.4. The second-order valence-corrected chi connectivity index (χ2v) is 8.31. The maximum atomic E-state index is 13.1. The lowest BCUT2D eigenvalue weighted by molar-refractivity contribution is 0.102. The number of carbonyl (C=O) groups excluding carboxylic acids is 1. The summed E-state index contributed by atoms with van der Waals surface area (Å²) in [5.74, 6) is -0.595. The van der Waals surface area contributed by atoms with Crippen LogP contribution >= 0.6 is 0 Å². The molecular weight excluding hydrogens is 383 g/mol. The molecule has 0 saturated heterocycles. The van der Waals surface area contributed by atoms with Crippen LogP contribution in [0.2, 0.25) is 0 Å². The van der Waals surface area contributed by atoms with Crippen LogP contribution in [-0.2, 0) is 10.0 Å². The first-order valence-electron chi connectivity index (χ1n) is 9.06. The van der Waals surface area contributed by atoms with Gasteiger partial charge < -0.3 is 10.1 Å². The number of benzene rings is 2. The molecule has 2 aromatic rings. The van der Waals surface area contributed by atoms with Crippen LogP contribution in [0.3, 0.4) is 0 Å². The fraction of sp³-hybridized carbons (Fsp3) is 0.350. The first-order chi connectivity index (χ1) is 13.2. The molecule has 0 radical (unpaired) electrons. The molecule has 0 fully saturated rings. The SMILES string of the molecule is CCN(CC)S(=O)(=O)c1ccc(OC(C)C)c(NC(=O)c2ccc(F)cc2)c1. The summed E-state index contributed by atoms with van der Waals surface area (Å²) < 4.78 is 45.7. The summed E-state index contributed by atoms with van der Waals surface area (Å²) in [6.45, 7) is 7.84. The molecular formula is C20H25FN2O4S. The van der Waals surface area contributed by atoms with Gasteiger partial charge >= 0.3 is 0 Å². The Hall–Kier alpha value is -2.45. The molecule has 0 atom stereocenters. The average molecular weight is 408 g/mol. The van der Waals surface area contributed by atoms with Crippen LogP contribution in [0.1, 0.15) is 38.1 Å². The number of nitrogens with one attached hydrogen (secondary N) is 1. The number of sulfonamides is 1. The van der Waals surface area contributed by atoms with Gasteiger partial charge in [0, 0.05) is 18.7 Å². The summed E-state index contributed by atoms with van der Waals surface area (Å²) in [4.78, 5) is 12.6. The molecule has 6 nitrogen and oxygen atoms in total. The van der Waals surface area contributed by atoms with E-state index >= 15 is 0 Å². The molecule has 0 unspecified atom stereocenters.